The Morgan fingerprint density at radius 1 is 1.31 bits per heavy atom. The number of thioether (sulfide) groups is 1. The molecule has 0 aromatic rings. The number of rotatable bonds is 6. The number of hydrogen-bond acceptors (Lipinski definition) is 3. The van der Waals surface area contributed by atoms with Gasteiger partial charge in [0, 0.05) is 0 Å². The fourth-order valence-electron chi connectivity index (χ4n) is 0.817. The highest BCUT2D eigenvalue weighted by Crippen LogP contribution is 2.22. The Morgan fingerprint density at radius 3 is 2.15 bits per heavy atom. The van der Waals surface area contributed by atoms with Crippen LogP contribution in [-0.2, 0) is 9.59 Å². The predicted molar refractivity (Wildman–Crippen MR) is 51.0 cm³/mol. The predicted octanol–water partition coefficient (Wildman–Crippen LogP) is 1.45. The molecule has 0 heterocycles. The lowest BCUT2D eigenvalue weighted by Crippen LogP contribution is -2.22. The zero-order chi connectivity index (χ0) is 10.4. The molecule has 0 aromatic carbocycles. The first kappa shape index (κ1) is 12.3. The summed E-state index contributed by atoms with van der Waals surface area (Å²) in [5.41, 5.74) is 0. The van der Waals surface area contributed by atoms with Gasteiger partial charge in [0.1, 0.15) is 10.5 Å². The van der Waals surface area contributed by atoms with Gasteiger partial charge < -0.3 is 10.2 Å². The minimum Gasteiger partial charge on any atom is -0.480 e. The molecule has 0 radical (unpaired) electrons. The summed E-state index contributed by atoms with van der Waals surface area (Å²) in [7, 11) is 0. The van der Waals surface area contributed by atoms with Gasteiger partial charge in [0.05, 0.1) is 0 Å². The molecule has 0 aliphatic heterocycles. The zero-order valence-electron chi connectivity index (χ0n) is 7.69. The molecular formula is C8H14O4S. The Balaban J connectivity index is 4.09. The third-order valence-electron chi connectivity index (χ3n) is 1.54. The van der Waals surface area contributed by atoms with Crippen molar-refractivity contribution in [2.24, 2.45) is 0 Å². The van der Waals surface area contributed by atoms with Crippen LogP contribution in [-0.4, -0.2) is 32.7 Å². The monoisotopic (exact) mass is 206 g/mol. The van der Waals surface area contributed by atoms with Gasteiger partial charge in [-0.2, -0.15) is 0 Å². The Bertz CT molecular complexity index is 193. The van der Waals surface area contributed by atoms with Gasteiger partial charge in [0.15, 0.2) is 0 Å². The molecule has 2 unspecified atom stereocenters. The highest BCUT2D eigenvalue weighted by molar-refractivity contribution is 8.01. The van der Waals surface area contributed by atoms with Gasteiger partial charge in [-0.05, 0) is 13.3 Å². The second-order valence-electron chi connectivity index (χ2n) is 2.73. The maximum atomic E-state index is 10.6. The van der Waals surface area contributed by atoms with Gasteiger partial charge in [-0.3, -0.25) is 9.59 Å². The first-order chi connectivity index (χ1) is 5.99. The Morgan fingerprint density at radius 2 is 1.85 bits per heavy atom. The first-order valence-corrected chi connectivity index (χ1v) is 5.04. The van der Waals surface area contributed by atoms with Gasteiger partial charge in [0.25, 0.3) is 0 Å². The standard InChI is InChI=1S/C8H14O4S/c1-3-4-6(8(11)12)13-5(2)7(9)10/h5-6H,3-4H2,1-2H3,(H,9,10)(H,11,12). The van der Waals surface area contributed by atoms with Gasteiger partial charge in [0.2, 0.25) is 0 Å². The van der Waals surface area contributed by atoms with E-state index in [1.54, 1.807) is 0 Å². The average Bonchev–Trinajstić information content (AvgIpc) is 2.03. The molecule has 0 amide bonds. The molecule has 0 aromatic heterocycles. The quantitative estimate of drug-likeness (QED) is 0.688. The topological polar surface area (TPSA) is 74.6 Å². The van der Waals surface area contributed by atoms with Crippen LogP contribution in [0.15, 0.2) is 0 Å². The van der Waals surface area contributed by atoms with Crippen molar-refractivity contribution in [2.45, 2.75) is 37.2 Å². The van der Waals surface area contributed by atoms with Crippen molar-refractivity contribution in [1.82, 2.24) is 0 Å². The van der Waals surface area contributed by atoms with Crippen molar-refractivity contribution in [2.75, 3.05) is 0 Å². The minimum atomic E-state index is -0.965. The van der Waals surface area contributed by atoms with E-state index in [1.165, 1.54) is 6.92 Å². The zero-order valence-corrected chi connectivity index (χ0v) is 8.50. The van der Waals surface area contributed by atoms with Crippen LogP contribution in [0.2, 0.25) is 0 Å². The average molecular weight is 206 g/mol. The second-order valence-corrected chi connectivity index (χ2v) is 4.28. The molecule has 0 aliphatic rings. The summed E-state index contributed by atoms with van der Waals surface area (Å²) in [6, 6.07) is 0. The fourth-order valence-corrected chi connectivity index (χ4v) is 1.91. The molecule has 2 atom stereocenters. The summed E-state index contributed by atoms with van der Waals surface area (Å²) in [6.07, 6.45) is 1.26. The van der Waals surface area contributed by atoms with Crippen LogP contribution in [0, 0.1) is 0 Å². The summed E-state index contributed by atoms with van der Waals surface area (Å²) < 4.78 is 0. The Labute approximate surface area is 81.3 Å². The van der Waals surface area contributed by atoms with E-state index in [1.807, 2.05) is 6.92 Å². The fraction of sp³-hybridized carbons (Fsp3) is 0.750. The van der Waals surface area contributed by atoms with E-state index in [0.717, 1.165) is 18.2 Å². The molecule has 0 saturated carbocycles. The highest BCUT2D eigenvalue weighted by atomic mass is 32.2. The Hall–Kier alpha value is -0.710. The lowest BCUT2D eigenvalue weighted by Gasteiger charge is -2.13. The van der Waals surface area contributed by atoms with E-state index < -0.39 is 22.4 Å². The molecular weight excluding hydrogens is 192 g/mol. The van der Waals surface area contributed by atoms with Crippen LogP contribution in [0.1, 0.15) is 26.7 Å². The van der Waals surface area contributed by atoms with Crippen molar-refractivity contribution in [1.29, 1.82) is 0 Å². The molecule has 0 bridgehead atoms. The normalized spacial score (nSPS) is 14.9. The lowest BCUT2D eigenvalue weighted by atomic mass is 10.2. The smallest absolute Gasteiger partial charge is 0.316 e. The molecule has 2 N–H and O–H groups in total. The van der Waals surface area contributed by atoms with Gasteiger partial charge in [-0.15, -0.1) is 11.8 Å². The summed E-state index contributed by atoms with van der Waals surface area (Å²) in [4.78, 5) is 21.1. The number of carboxylic acids is 2. The maximum Gasteiger partial charge on any atom is 0.316 e. The van der Waals surface area contributed by atoms with Crippen molar-refractivity contribution in [3.63, 3.8) is 0 Å². The summed E-state index contributed by atoms with van der Waals surface area (Å²) in [6.45, 7) is 3.38. The summed E-state index contributed by atoms with van der Waals surface area (Å²) in [5.74, 6) is -1.90. The molecule has 0 saturated heterocycles. The third-order valence-corrected chi connectivity index (χ3v) is 2.92. The molecule has 13 heavy (non-hydrogen) atoms. The third kappa shape index (κ3) is 4.77. The minimum absolute atomic E-state index is 0.512. The molecule has 0 spiro atoms. The lowest BCUT2D eigenvalue weighted by molar-refractivity contribution is -0.136. The van der Waals surface area contributed by atoms with E-state index in [4.69, 9.17) is 10.2 Å². The molecule has 0 rings (SSSR count). The van der Waals surface area contributed by atoms with Crippen molar-refractivity contribution in [3.05, 3.63) is 0 Å². The van der Waals surface area contributed by atoms with Gasteiger partial charge >= 0.3 is 11.9 Å². The van der Waals surface area contributed by atoms with Crippen LogP contribution in [0.4, 0.5) is 0 Å². The molecule has 5 heteroatoms. The van der Waals surface area contributed by atoms with Crippen LogP contribution in [0.3, 0.4) is 0 Å². The van der Waals surface area contributed by atoms with E-state index in [9.17, 15) is 9.59 Å². The largest absolute Gasteiger partial charge is 0.480 e. The molecule has 4 nitrogen and oxygen atoms in total. The van der Waals surface area contributed by atoms with E-state index in [-0.39, 0.29) is 0 Å². The summed E-state index contributed by atoms with van der Waals surface area (Å²) in [5, 5.41) is 16.0. The molecule has 0 aliphatic carbocycles. The van der Waals surface area contributed by atoms with Crippen molar-refractivity contribution < 1.29 is 19.8 Å². The van der Waals surface area contributed by atoms with Crippen LogP contribution in [0.5, 0.6) is 0 Å². The van der Waals surface area contributed by atoms with E-state index in [2.05, 4.69) is 0 Å². The second kappa shape index (κ2) is 5.85. The molecule has 76 valence electrons. The van der Waals surface area contributed by atoms with Crippen molar-refractivity contribution in [3.8, 4) is 0 Å². The van der Waals surface area contributed by atoms with Crippen molar-refractivity contribution >= 4 is 23.7 Å². The highest BCUT2D eigenvalue weighted by Gasteiger charge is 2.23. The SMILES string of the molecule is CCCC(SC(C)C(=O)O)C(=O)O. The van der Waals surface area contributed by atoms with Crippen LogP contribution >= 0.6 is 11.8 Å². The van der Waals surface area contributed by atoms with E-state index in [0.29, 0.717) is 6.42 Å². The summed E-state index contributed by atoms with van der Waals surface area (Å²) >= 11 is 0.986. The number of carbonyl (C=O) groups is 2. The van der Waals surface area contributed by atoms with Crippen LogP contribution in [0.25, 0.3) is 0 Å². The number of aliphatic carboxylic acids is 2. The van der Waals surface area contributed by atoms with Crippen LogP contribution < -0.4 is 0 Å². The Kier molecular flexibility index (Phi) is 5.53. The number of carboxylic acid groups (broad SMARTS) is 2. The molecule has 0 fully saturated rings. The maximum absolute atomic E-state index is 10.6. The van der Waals surface area contributed by atoms with E-state index >= 15 is 0 Å². The van der Waals surface area contributed by atoms with Gasteiger partial charge in [-0.25, -0.2) is 0 Å². The first-order valence-electron chi connectivity index (χ1n) is 4.10. The number of hydrogen-bond donors (Lipinski definition) is 2. The van der Waals surface area contributed by atoms with Gasteiger partial charge in [-0.1, -0.05) is 13.3 Å².